The molecule has 3 nitrogen and oxygen atoms in total. The number of nitrogens with zero attached hydrogens (tertiary/aromatic N) is 2. The lowest BCUT2D eigenvalue weighted by Gasteiger charge is -2.29. The Balaban J connectivity index is 1.88. The van der Waals surface area contributed by atoms with Crippen LogP contribution in [0.4, 0.5) is 5.82 Å². The molecule has 0 amide bonds. The number of rotatable bonds is 2. The molecule has 3 heterocycles. The molecular formula is C12H16N2O. The molecule has 2 aliphatic heterocycles. The molecule has 0 bridgehead atoms. The van der Waals surface area contributed by atoms with Gasteiger partial charge in [0, 0.05) is 24.8 Å². The highest BCUT2D eigenvalue weighted by atomic mass is 16.6. The van der Waals surface area contributed by atoms with Crippen molar-refractivity contribution in [2.75, 3.05) is 24.6 Å². The van der Waals surface area contributed by atoms with Crippen LogP contribution >= 0.6 is 0 Å². The zero-order valence-corrected chi connectivity index (χ0v) is 8.85. The molecule has 3 rings (SSSR count). The highest BCUT2D eigenvalue weighted by Crippen LogP contribution is 2.35. The van der Waals surface area contributed by atoms with E-state index in [4.69, 9.17) is 4.74 Å². The molecule has 0 aromatic carbocycles. The molecule has 80 valence electrons. The van der Waals surface area contributed by atoms with Crippen molar-refractivity contribution in [3.05, 3.63) is 23.9 Å². The van der Waals surface area contributed by atoms with Gasteiger partial charge in [-0.3, -0.25) is 0 Å². The van der Waals surface area contributed by atoms with Gasteiger partial charge in [0.05, 0.1) is 6.61 Å². The standard InChI is InChI=1S/C12H16N2O/c1-2-7-14(8-3-1)12-10(11-9-15-11)5-4-6-13-12/h4-6,11H,1-3,7-9H2. The first-order valence-corrected chi connectivity index (χ1v) is 5.76. The predicted molar refractivity (Wildman–Crippen MR) is 59.0 cm³/mol. The minimum atomic E-state index is 0.315. The summed E-state index contributed by atoms with van der Waals surface area (Å²) in [6.07, 6.45) is 6.15. The molecule has 2 aliphatic rings. The number of ether oxygens (including phenoxy) is 1. The van der Waals surface area contributed by atoms with Gasteiger partial charge in [0.15, 0.2) is 0 Å². The molecule has 1 unspecified atom stereocenters. The van der Waals surface area contributed by atoms with E-state index in [1.165, 1.54) is 24.8 Å². The van der Waals surface area contributed by atoms with Crippen LogP contribution in [-0.2, 0) is 4.74 Å². The Morgan fingerprint density at radius 1 is 1.27 bits per heavy atom. The van der Waals surface area contributed by atoms with Gasteiger partial charge in [-0.25, -0.2) is 4.98 Å². The first kappa shape index (κ1) is 9.16. The van der Waals surface area contributed by atoms with Crippen molar-refractivity contribution in [3.8, 4) is 0 Å². The summed E-state index contributed by atoms with van der Waals surface area (Å²) in [5.41, 5.74) is 1.28. The average Bonchev–Trinajstić information content (AvgIpc) is 3.14. The summed E-state index contributed by atoms with van der Waals surface area (Å²) < 4.78 is 5.36. The van der Waals surface area contributed by atoms with Crippen LogP contribution in [0, 0.1) is 0 Å². The highest BCUT2D eigenvalue weighted by molar-refractivity contribution is 5.49. The van der Waals surface area contributed by atoms with E-state index in [-0.39, 0.29) is 0 Å². The van der Waals surface area contributed by atoms with E-state index in [0.29, 0.717) is 6.10 Å². The molecule has 0 aliphatic carbocycles. The number of pyridine rings is 1. The van der Waals surface area contributed by atoms with Crippen LogP contribution < -0.4 is 4.90 Å². The largest absolute Gasteiger partial charge is 0.368 e. The fraction of sp³-hybridized carbons (Fsp3) is 0.583. The van der Waals surface area contributed by atoms with Crippen molar-refractivity contribution < 1.29 is 4.74 Å². The second kappa shape index (κ2) is 3.81. The smallest absolute Gasteiger partial charge is 0.134 e. The Hall–Kier alpha value is -1.09. The summed E-state index contributed by atoms with van der Waals surface area (Å²) in [5.74, 6) is 1.15. The molecule has 3 heteroatoms. The molecule has 1 aromatic rings. The van der Waals surface area contributed by atoms with Crippen molar-refractivity contribution in [1.29, 1.82) is 0 Å². The van der Waals surface area contributed by atoms with E-state index in [9.17, 15) is 0 Å². The van der Waals surface area contributed by atoms with Gasteiger partial charge in [-0.05, 0) is 25.3 Å². The number of hydrogen-bond donors (Lipinski definition) is 0. The van der Waals surface area contributed by atoms with Crippen LogP contribution in [-0.4, -0.2) is 24.7 Å². The van der Waals surface area contributed by atoms with E-state index in [1.807, 2.05) is 12.3 Å². The van der Waals surface area contributed by atoms with Gasteiger partial charge in [0.1, 0.15) is 11.9 Å². The molecule has 0 saturated carbocycles. The minimum Gasteiger partial charge on any atom is -0.368 e. The summed E-state index contributed by atoms with van der Waals surface area (Å²) in [6.45, 7) is 3.17. The van der Waals surface area contributed by atoms with Gasteiger partial charge in [0.2, 0.25) is 0 Å². The summed E-state index contributed by atoms with van der Waals surface area (Å²) in [7, 11) is 0. The third-order valence-electron chi connectivity index (χ3n) is 3.15. The monoisotopic (exact) mass is 204 g/mol. The Labute approximate surface area is 90.1 Å². The van der Waals surface area contributed by atoms with Gasteiger partial charge < -0.3 is 9.64 Å². The molecular weight excluding hydrogens is 188 g/mol. The van der Waals surface area contributed by atoms with E-state index in [0.717, 1.165) is 25.5 Å². The summed E-state index contributed by atoms with van der Waals surface area (Å²) in [4.78, 5) is 6.91. The minimum absolute atomic E-state index is 0.315. The summed E-state index contributed by atoms with van der Waals surface area (Å²) in [5, 5.41) is 0. The van der Waals surface area contributed by atoms with E-state index >= 15 is 0 Å². The third-order valence-corrected chi connectivity index (χ3v) is 3.15. The van der Waals surface area contributed by atoms with Crippen LogP contribution in [0.2, 0.25) is 0 Å². The second-order valence-corrected chi connectivity index (χ2v) is 4.29. The van der Waals surface area contributed by atoms with Gasteiger partial charge in [-0.2, -0.15) is 0 Å². The number of epoxide rings is 1. The number of hydrogen-bond acceptors (Lipinski definition) is 3. The van der Waals surface area contributed by atoms with Crippen molar-refractivity contribution in [3.63, 3.8) is 0 Å². The van der Waals surface area contributed by atoms with Crippen molar-refractivity contribution in [2.24, 2.45) is 0 Å². The van der Waals surface area contributed by atoms with Crippen LogP contribution in [0.5, 0.6) is 0 Å². The molecule has 0 N–H and O–H groups in total. The van der Waals surface area contributed by atoms with Crippen LogP contribution in [0.3, 0.4) is 0 Å². The van der Waals surface area contributed by atoms with Gasteiger partial charge >= 0.3 is 0 Å². The third kappa shape index (κ3) is 1.84. The maximum atomic E-state index is 5.36. The van der Waals surface area contributed by atoms with Gasteiger partial charge in [-0.15, -0.1) is 0 Å². The van der Waals surface area contributed by atoms with Crippen molar-refractivity contribution >= 4 is 5.82 Å². The number of aromatic nitrogens is 1. The maximum absolute atomic E-state index is 5.36. The van der Waals surface area contributed by atoms with Crippen LogP contribution in [0.15, 0.2) is 18.3 Å². The fourth-order valence-electron chi connectivity index (χ4n) is 2.26. The lowest BCUT2D eigenvalue weighted by molar-refractivity contribution is 0.414. The zero-order chi connectivity index (χ0) is 10.1. The lowest BCUT2D eigenvalue weighted by atomic mass is 10.1. The molecule has 0 spiro atoms. The van der Waals surface area contributed by atoms with E-state index in [1.54, 1.807) is 0 Å². The van der Waals surface area contributed by atoms with Crippen molar-refractivity contribution in [2.45, 2.75) is 25.4 Å². The highest BCUT2D eigenvalue weighted by Gasteiger charge is 2.29. The Morgan fingerprint density at radius 2 is 2.07 bits per heavy atom. The second-order valence-electron chi connectivity index (χ2n) is 4.29. The number of anilines is 1. The Kier molecular flexibility index (Phi) is 2.33. The maximum Gasteiger partial charge on any atom is 0.134 e. The average molecular weight is 204 g/mol. The van der Waals surface area contributed by atoms with E-state index < -0.39 is 0 Å². The predicted octanol–water partition coefficient (Wildman–Crippen LogP) is 2.14. The molecule has 2 fully saturated rings. The van der Waals surface area contributed by atoms with E-state index in [2.05, 4.69) is 16.0 Å². The SMILES string of the molecule is c1cnc(N2CCCCC2)c(C2CO2)c1. The van der Waals surface area contributed by atoms with Crippen LogP contribution in [0.25, 0.3) is 0 Å². The first-order chi connectivity index (χ1) is 7.45. The Morgan fingerprint density at radius 3 is 2.80 bits per heavy atom. The summed E-state index contributed by atoms with van der Waals surface area (Å²) >= 11 is 0. The van der Waals surface area contributed by atoms with Crippen LogP contribution in [0.1, 0.15) is 30.9 Å². The van der Waals surface area contributed by atoms with Gasteiger partial charge in [-0.1, -0.05) is 6.07 Å². The summed E-state index contributed by atoms with van der Waals surface area (Å²) in [6, 6.07) is 4.15. The fourth-order valence-corrected chi connectivity index (χ4v) is 2.26. The molecule has 15 heavy (non-hydrogen) atoms. The van der Waals surface area contributed by atoms with Gasteiger partial charge in [0.25, 0.3) is 0 Å². The normalized spacial score (nSPS) is 25.3. The lowest BCUT2D eigenvalue weighted by Crippen LogP contribution is -2.31. The topological polar surface area (TPSA) is 28.7 Å². The first-order valence-electron chi connectivity index (χ1n) is 5.76. The zero-order valence-electron chi connectivity index (χ0n) is 8.85. The molecule has 1 atom stereocenters. The molecule has 2 saturated heterocycles. The number of piperidine rings is 1. The quantitative estimate of drug-likeness (QED) is 0.691. The molecule has 1 aromatic heterocycles. The Bertz CT molecular complexity index is 343. The van der Waals surface area contributed by atoms with Crippen molar-refractivity contribution in [1.82, 2.24) is 4.98 Å². The molecule has 0 radical (unpaired) electrons.